The van der Waals surface area contributed by atoms with Crippen molar-refractivity contribution in [3.05, 3.63) is 31.2 Å². The third-order valence-electron chi connectivity index (χ3n) is 2.78. The summed E-state index contributed by atoms with van der Waals surface area (Å²) in [5.41, 5.74) is -0.0246. The average molecular weight is 387 g/mol. The molecule has 8 heteroatoms. The van der Waals surface area contributed by atoms with Gasteiger partial charge in [0.1, 0.15) is 0 Å². The van der Waals surface area contributed by atoms with Gasteiger partial charge < -0.3 is 4.74 Å². The second kappa shape index (κ2) is 6.17. The Morgan fingerprint density at radius 3 is 2.10 bits per heavy atom. The molecule has 2 rings (SSSR count). The van der Waals surface area contributed by atoms with Crippen molar-refractivity contribution in [2.75, 3.05) is 12.0 Å². The van der Waals surface area contributed by atoms with Crippen molar-refractivity contribution >= 4 is 70.0 Å². The van der Waals surface area contributed by atoms with Crippen LogP contribution in [0.2, 0.25) is 20.1 Å². The van der Waals surface area contributed by atoms with Gasteiger partial charge in [-0.25, -0.2) is 9.79 Å². The van der Waals surface area contributed by atoms with Gasteiger partial charge in [0.25, 0.3) is 0 Å². The fourth-order valence-corrected chi connectivity index (χ4v) is 3.73. The molecule has 0 radical (unpaired) electrons. The highest BCUT2D eigenvalue weighted by Gasteiger charge is 2.37. The number of carbonyl (C=O) groups is 1. The SMILES string of the molecule is CSCC(C)(C)N=C1OC(=O)c2c(Cl)c(Cl)c(Cl)c(Cl)c21. The Morgan fingerprint density at radius 1 is 1.05 bits per heavy atom. The van der Waals surface area contributed by atoms with E-state index in [2.05, 4.69) is 4.99 Å². The van der Waals surface area contributed by atoms with E-state index >= 15 is 0 Å². The first-order valence-corrected chi connectivity index (χ1v) is 8.77. The number of hydrogen-bond acceptors (Lipinski definition) is 4. The standard InChI is InChI=1S/C13H11Cl4NO2S/c1-13(2,4-21-3)18-11-5-6(12(19)20-11)8(15)10(17)9(16)7(5)14/h4H2,1-3H3. The number of hydrogen-bond donors (Lipinski definition) is 0. The Hall–Kier alpha value is -0.130. The van der Waals surface area contributed by atoms with Gasteiger partial charge in [0.2, 0.25) is 5.90 Å². The molecular formula is C13H11Cl4NO2S. The molecule has 0 amide bonds. The fourth-order valence-electron chi connectivity index (χ4n) is 1.95. The summed E-state index contributed by atoms with van der Waals surface area (Å²) in [6, 6.07) is 0. The highest BCUT2D eigenvalue weighted by Crippen LogP contribution is 2.44. The van der Waals surface area contributed by atoms with Crippen molar-refractivity contribution in [3.63, 3.8) is 0 Å². The molecule has 0 saturated heterocycles. The zero-order valence-corrected chi connectivity index (χ0v) is 15.2. The van der Waals surface area contributed by atoms with Crippen molar-refractivity contribution in [1.82, 2.24) is 0 Å². The number of halogens is 4. The van der Waals surface area contributed by atoms with Gasteiger partial charge >= 0.3 is 5.97 Å². The van der Waals surface area contributed by atoms with Crippen molar-refractivity contribution in [2.24, 2.45) is 4.99 Å². The summed E-state index contributed by atoms with van der Waals surface area (Å²) in [6.45, 7) is 3.85. The second-order valence-electron chi connectivity index (χ2n) is 5.06. The minimum absolute atomic E-state index is 0.0268. The molecule has 3 nitrogen and oxygen atoms in total. The van der Waals surface area contributed by atoms with E-state index in [0.29, 0.717) is 5.56 Å². The predicted molar refractivity (Wildman–Crippen MR) is 90.9 cm³/mol. The van der Waals surface area contributed by atoms with Crippen molar-refractivity contribution in [1.29, 1.82) is 0 Å². The molecular weight excluding hydrogens is 376 g/mol. The van der Waals surface area contributed by atoms with Crippen LogP contribution in [0.15, 0.2) is 4.99 Å². The van der Waals surface area contributed by atoms with E-state index in [0.717, 1.165) is 5.75 Å². The van der Waals surface area contributed by atoms with E-state index in [1.807, 2.05) is 20.1 Å². The maximum absolute atomic E-state index is 12.0. The number of carbonyl (C=O) groups excluding carboxylic acids is 1. The van der Waals surface area contributed by atoms with E-state index in [9.17, 15) is 4.79 Å². The van der Waals surface area contributed by atoms with Crippen molar-refractivity contribution in [3.8, 4) is 0 Å². The van der Waals surface area contributed by atoms with Crippen molar-refractivity contribution < 1.29 is 9.53 Å². The average Bonchev–Trinajstić information content (AvgIpc) is 2.69. The summed E-state index contributed by atoms with van der Waals surface area (Å²) in [6.07, 6.45) is 1.97. The zero-order chi connectivity index (χ0) is 15.9. The lowest BCUT2D eigenvalue weighted by atomic mass is 10.1. The molecule has 1 heterocycles. The van der Waals surface area contributed by atoms with Crippen LogP contribution in [0.5, 0.6) is 0 Å². The molecule has 1 aromatic carbocycles. The molecule has 0 aromatic heterocycles. The van der Waals surface area contributed by atoms with Crippen LogP contribution in [0.3, 0.4) is 0 Å². The normalized spacial score (nSPS) is 16.3. The van der Waals surface area contributed by atoms with Crippen LogP contribution < -0.4 is 0 Å². The summed E-state index contributed by atoms with van der Waals surface area (Å²) in [5.74, 6) is 0.240. The molecule has 0 saturated carbocycles. The molecule has 0 aliphatic carbocycles. The number of fused-ring (bicyclic) bond motifs is 1. The lowest BCUT2D eigenvalue weighted by Crippen LogP contribution is -2.23. The highest BCUT2D eigenvalue weighted by molar-refractivity contribution is 7.98. The van der Waals surface area contributed by atoms with E-state index in [1.54, 1.807) is 11.8 Å². The third kappa shape index (κ3) is 3.15. The molecule has 0 spiro atoms. The summed E-state index contributed by atoms with van der Waals surface area (Å²) >= 11 is 25.9. The summed E-state index contributed by atoms with van der Waals surface area (Å²) in [4.78, 5) is 16.5. The van der Waals surface area contributed by atoms with E-state index < -0.39 is 11.5 Å². The van der Waals surface area contributed by atoms with Crippen molar-refractivity contribution in [2.45, 2.75) is 19.4 Å². The first-order chi connectivity index (χ1) is 9.69. The van der Waals surface area contributed by atoms with Gasteiger partial charge in [-0.1, -0.05) is 46.4 Å². The van der Waals surface area contributed by atoms with Gasteiger partial charge in [0.05, 0.1) is 36.8 Å². The van der Waals surface area contributed by atoms with Crippen LogP contribution in [0.25, 0.3) is 0 Å². The predicted octanol–water partition coefficient (Wildman–Crippen LogP) is 5.36. The summed E-state index contributed by atoms with van der Waals surface area (Å²) in [7, 11) is 0. The number of nitrogens with zero attached hydrogens (tertiary/aromatic N) is 1. The first-order valence-electron chi connectivity index (χ1n) is 5.87. The Balaban J connectivity index is 2.67. The number of aliphatic imine (C=N–C) groups is 1. The molecule has 0 N–H and O–H groups in total. The number of cyclic esters (lactones) is 1. The lowest BCUT2D eigenvalue weighted by molar-refractivity contribution is 0.0736. The maximum atomic E-state index is 12.0. The second-order valence-corrected chi connectivity index (χ2v) is 7.44. The van der Waals surface area contributed by atoms with Crippen LogP contribution in [0.4, 0.5) is 0 Å². The molecule has 1 aliphatic rings. The molecule has 0 bridgehead atoms. The lowest BCUT2D eigenvalue weighted by Gasteiger charge is -2.18. The Kier molecular flexibility index (Phi) is 5.06. The van der Waals surface area contributed by atoms with E-state index in [4.69, 9.17) is 51.1 Å². The third-order valence-corrected chi connectivity index (χ3v) is 5.57. The molecule has 1 aliphatic heterocycles. The van der Waals surface area contributed by atoms with Gasteiger partial charge in [-0.3, -0.25) is 0 Å². The largest absolute Gasteiger partial charge is 0.403 e. The smallest absolute Gasteiger partial charge is 0.347 e. The zero-order valence-electron chi connectivity index (χ0n) is 11.4. The van der Waals surface area contributed by atoms with E-state index in [1.165, 1.54) is 0 Å². The quantitative estimate of drug-likeness (QED) is 0.398. The molecule has 0 atom stereocenters. The number of thioether (sulfide) groups is 1. The van der Waals surface area contributed by atoms with Crippen LogP contribution in [-0.4, -0.2) is 29.4 Å². The van der Waals surface area contributed by atoms with Gasteiger partial charge in [0.15, 0.2) is 0 Å². The number of esters is 1. The van der Waals surface area contributed by atoms with Crippen LogP contribution >= 0.6 is 58.2 Å². The van der Waals surface area contributed by atoms with Crippen LogP contribution in [-0.2, 0) is 4.74 Å². The van der Waals surface area contributed by atoms with Gasteiger partial charge in [0, 0.05) is 5.75 Å². The summed E-state index contributed by atoms with van der Waals surface area (Å²) in [5, 5.41) is 0.254. The highest BCUT2D eigenvalue weighted by atomic mass is 35.5. The van der Waals surface area contributed by atoms with Gasteiger partial charge in [-0.05, 0) is 20.1 Å². The Labute approximate surface area is 146 Å². The van der Waals surface area contributed by atoms with Gasteiger partial charge in [-0.15, -0.1) is 0 Å². The monoisotopic (exact) mass is 385 g/mol. The molecule has 114 valence electrons. The van der Waals surface area contributed by atoms with Crippen LogP contribution in [0, 0.1) is 0 Å². The number of ether oxygens (including phenoxy) is 1. The van der Waals surface area contributed by atoms with E-state index in [-0.39, 0.29) is 31.6 Å². The number of benzene rings is 1. The maximum Gasteiger partial charge on any atom is 0.347 e. The molecule has 0 unspecified atom stereocenters. The molecule has 1 aromatic rings. The topological polar surface area (TPSA) is 38.7 Å². The summed E-state index contributed by atoms with van der Waals surface area (Å²) < 4.78 is 5.20. The Morgan fingerprint density at radius 2 is 1.57 bits per heavy atom. The van der Waals surface area contributed by atoms with Crippen LogP contribution in [0.1, 0.15) is 29.8 Å². The number of rotatable bonds is 3. The first kappa shape index (κ1) is 17.2. The van der Waals surface area contributed by atoms with Gasteiger partial charge in [-0.2, -0.15) is 11.8 Å². The minimum atomic E-state index is -0.630. The molecule has 0 fully saturated rings. The fraction of sp³-hybridized carbons (Fsp3) is 0.385. The molecule has 21 heavy (non-hydrogen) atoms. The Bertz CT molecular complexity index is 658. The minimum Gasteiger partial charge on any atom is -0.403 e.